The van der Waals surface area contributed by atoms with Crippen LogP contribution < -0.4 is 14.2 Å². The van der Waals surface area contributed by atoms with Gasteiger partial charge in [-0.15, -0.1) is 0 Å². The van der Waals surface area contributed by atoms with Crippen molar-refractivity contribution in [3.05, 3.63) is 18.2 Å². The summed E-state index contributed by atoms with van der Waals surface area (Å²) in [6.45, 7) is 3.53. The van der Waals surface area contributed by atoms with Gasteiger partial charge in [-0.2, -0.15) is 0 Å². The first kappa shape index (κ1) is 11.2. The van der Waals surface area contributed by atoms with Crippen molar-refractivity contribution in [2.24, 2.45) is 0 Å². The molecule has 1 aromatic carbocycles. The third-order valence-corrected chi connectivity index (χ3v) is 3.62. The van der Waals surface area contributed by atoms with E-state index in [0.717, 1.165) is 0 Å². The molecule has 6 heteroatoms. The standard InChI is InChI=1S/C10H13NO4S/c1-10(2)14-8-5-4-7(6-9(8)15-10)16(12,13)11-3/h4-6,11H,1-3H3. The molecule has 88 valence electrons. The molecule has 1 aliphatic heterocycles. The fraction of sp³-hybridized carbons (Fsp3) is 0.400. The molecule has 0 amide bonds. The molecule has 16 heavy (non-hydrogen) atoms. The Morgan fingerprint density at radius 2 is 1.81 bits per heavy atom. The molecule has 0 aromatic heterocycles. The van der Waals surface area contributed by atoms with E-state index in [1.165, 1.54) is 19.2 Å². The second-order valence-electron chi connectivity index (χ2n) is 3.92. The van der Waals surface area contributed by atoms with Crippen LogP contribution in [0.4, 0.5) is 0 Å². The van der Waals surface area contributed by atoms with Gasteiger partial charge in [0.2, 0.25) is 15.8 Å². The van der Waals surface area contributed by atoms with E-state index in [1.807, 2.05) is 0 Å². The van der Waals surface area contributed by atoms with Crippen LogP contribution in [-0.4, -0.2) is 21.3 Å². The number of benzene rings is 1. The third-order valence-electron chi connectivity index (χ3n) is 2.21. The van der Waals surface area contributed by atoms with E-state index in [2.05, 4.69) is 4.72 Å². The van der Waals surface area contributed by atoms with Crippen LogP contribution in [0.3, 0.4) is 0 Å². The normalized spacial score (nSPS) is 17.4. The molecule has 0 spiro atoms. The molecular weight excluding hydrogens is 230 g/mol. The average molecular weight is 243 g/mol. The maximum absolute atomic E-state index is 11.6. The van der Waals surface area contributed by atoms with Crippen molar-refractivity contribution in [2.75, 3.05) is 7.05 Å². The summed E-state index contributed by atoms with van der Waals surface area (Å²) in [6.07, 6.45) is 0. The van der Waals surface area contributed by atoms with Crippen LogP contribution in [0.1, 0.15) is 13.8 Å². The van der Waals surface area contributed by atoms with Crippen LogP contribution in [0, 0.1) is 0 Å². The Morgan fingerprint density at radius 3 is 2.44 bits per heavy atom. The zero-order chi connectivity index (χ0) is 12.0. The Hall–Kier alpha value is -1.27. The smallest absolute Gasteiger partial charge is 0.246 e. The predicted molar refractivity (Wildman–Crippen MR) is 58.0 cm³/mol. The van der Waals surface area contributed by atoms with E-state index in [-0.39, 0.29) is 4.90 Å². The van der Waals surface area contributed by atoms with Crippen molar-refractivity contribution in [2.45, 2.75) is 24.5 Å². The lowest BCUT2D eigenvalue weighted by atomic mass is 10.3. The number of hydrogen-bond acceptors (Lipinski definition) is 4. The summed E-state index contributed by atoms with van der Waals surface area (Å²) in [5.74, 6) is 0.256. The van der Waals surface area contributed by atoms with Gasteiger partial charge < -0.3 is 9.47 Å². The summed E-state index contributed by atoms with van der Waals surface area (Å²) in [5, 5.41) is 0. The zero-order valence-electron chi connectivity index (χ0n) is 9.27. The van der Waals surface area contributed by atoms with Crippen LogP contribution in [0.25, 0.3) is 0 Å². The Morgan fingerprint density at radius 1 is 1.19 bits per heavy atom. The molecule has 0 unspecified atom stereocenters. The van der Waals surface area contributed by atoms with Gasteiger partial charge in [-0.1, -0.05) is 0 Å². The highest BCUT2D eigenvalue weighted by molar-refractivity contribution is 7.89. The first-order valence-electron chi connectivity index (χ1n) is 4.80. The molecule has 0 fully saturated rings. The van der Waals surface area contributed by atoms with E-state index >= 15 is 0 Å². The fourth-order valence-electron chi connectivity index (χ4n) is 1.49. The van der Waals surface area contributed by atoms with Crippen LogP contribution in [0.15, 0.2) is 23.1 Å². The predicted octanol–water partition coefficient (Wildman–Crippen LogP) is 1.10. The summed E-state index contributed by atoms with van der Waals surface area (Å²) >= 11 is 0. The number of rotatable bonds is 2. The molecule has 0 saturated carbocycles. The second kappa shape index (κ2) is 3.36. The van der Waals surface area contributed by atoms with Gasteiger partial charge in [0.1, 0.15) is 0 Å². The molecule has 5 nitrogen and oxygen atoms in total. The van der Waals surface area contributed by atoms with Gasteiger partial charge in [0.15, 0.2) is 11.5 Å². The highest BCUT2D eigenvalue weighted by Crippen LogP contribution is 2.40. The number of sulfonamides is 1. The van der Waals surface area contributed by atoms with Gasteiger partial charge in [-0.25, -0.2) is 13.1 Å². The lowest BCUT2D eigenvalue weighted by Gasteiger charge is -2.16. The molecule has 1 aromatic rings. The van der Waals surface area contributed by atoms with Crippen LogP contribution in [0.2, 0.25) is 0 Å². The fourth-order valence-corrected chi connectivity index (χ4v) is 2.23. The largest absolute Gasteiger partial charge is 0.449 e. The molecular formula is C10H13NO4S. The Labute approximate surface area is 94.4 Å². The van der Waals surface area contributed by atoms with Gasteiger partial charge in [-0.3, -0.25) is 0 Å². The number of ether oxygens (including phenoxy) is 2. The molecule has 1 N–H and O–H groups in total. The maximum Gasteiger partial charge on any atom is 0.246 e. The van der Waals surface area contributed by atoms with Crippen LogP contribution in [0.5, 0.6) is 11.5 Å². The average Bonchev–Trinajstić information content (AvgIpc) is 2.50. The molecule has 1 aliphatic rings. The first-order chi connectivity index (χ1) is 7.34. The van der Waals surface area contributed by atoms with Crippen molar-refractivity contribution < 1.29 is 17.9 Å². The van der Waals surface area contributed by atoms with E-state index in [4.69, 9.17) is 9.47 Å². The minimum absolute atomic E-state index is 0.162. The van der Waals surface area contributed by atoms with E-state index in [1.54, 1.807) is 19.9 Å². The van der Waals surface area contributed by atoms with Crippen molar-refractivity contribution >= 4 is 10.0 Å². The molecule has 0 aliphatic carbocycles. The number of fused-ring (bicyclic) bond motifs is 1. The summed E-state index contributed by atoms with van der Waals surface area (Å²) in [4.78, 5) is 0.162. The summed E-state index contributed by atoms with van der Waals surface area (Å²) in [7, 11) is -2.08. The van der Waals surface area contributed by atoms with Gasteiger partial charge >= 0.3 is 0 Å². The zero-order valence-corrected chi connectivity index (χ0v) is 10.1. The van der Waals surface area contributed by atoms with Crippen molar-refractivity contribution in [3.63, 3.8) is 0 Å². The summed E-state index contributed by atoms with van der Waals surface area (Å²) < 4.78 is 36.3. The van der Waals surface area contributed by atoms with Gasteiger partial charge in [0.05, 0.1) is 4.90 Å². The molecule has 0 bridgehead atoms. The van der Waals surface area contributed by atoms with Crippen molar-refractivity contribution in [3.8, 4) is 11.5 Å². The SMILES string of the molecule is CNS(=O)(=O)c1ccc2c(c1)OC(C)(C)O2. The number of nitrogens with one attached hydrogen (secondary N) is 1. The first-order valence-corrected chi connectivity index (χ1v) is 6.28. The molecule has 0 saturated heterocycles. The summed E-state index contributed by atoms with van der Waals surface area (Å²) in [5.41, 5.74) is 0. The minimum Gasteiger partial charge on any atom is -0.449 e. The maximum atomic E-state index is 11.6. The highest BCUT2D eigenvalue weighted by Gasteiger charge is 2.32. The topological polar surface area (TPSA) is 64.6 Å². The number of hydrogen-bond donors (Lipinski definition) is 1. The van der Waals surface area contributed by atoms with Gasteiger partial charge in [0.25, 0.3) is 0 Å². The molecule has 1 heterocycles. The van der Waals surface area contributed by atoms with Crippen LogP contribution in [-0.2, 0) is 10.0 Å². The Balaban J connectivity index is 2.44. The third kappa shape index (κ3) is 1.85. The van der Waals surface area contributed by atoms with Crippen molar-refractivity contribution in [1.29, 1.82) is 0 Å². The Kier molecular flexibility index (Phi) is 2.36. The van der Waals surface area contributed by atoms with Crippen LogP contribution >= 0.6 is 0 Å². The quantitative estimate of drug-likeness (QED) is 0.844. The van der Waals surface area contributed by atoms with E-state index in [0.29, 0.717) is 11.5 Å². The van der Waals surface area contributed by atoms with Gasteiger partial charge in [0, 0.05) is 19.9 Å². The van der Waals surface area contributed by atoms with Crippen molar-refractivity contribution in [1.82, 2.24) is 4.72 Å². The minimum atomic E-state index is -3.44. The lowest BCUT2D eigenvalue weighted by molar-refractivity contribution is -0.0432. The molecule has 2 rings (SSSR count). The van der Waals surface area contributed by atoms with E-state index in [9.17, 15) is 8.42 Å². The van der Waals surface area contributed by atoms with Gasteiger partial charge in [-0.05, 0) is 19.2 Å². The lowest BCUT2D eigenvalue weighted by Crippen LogP contribution is -2.29. The highest BCUT2D eigenvalue weighted by atomic mass is 32.2. The molecule has 0 radical (unpaired) electrons. The monoisotopic (exact) mass is 243 g/mol. The Bertz CT molecular complexity index is 522. The van der Waals surface area contributed by atoms with E-state index < -0.39 is 15.8 Å². The molecule has 0 atom stereocenters. The second-order valence-corrected chi connectivity index (χ2v) is 5.81. The summed E-state index contributed by atoms with van der Waals surface area (Å²) in [6, 6.07) is 4.53.